The van der Waals surface area contributed by atoms with E-state index in [1.807, 2.05) is 30.3 Å². The molecule has 2 aliphatic heterocycles. The van der Waals surface area contributed by atoms with Gasteiger partial charge in [-0.05, 0) is 17.6 Å². The number of allylic oxidation sites excluding steroid dienone is 1. The number of nitrogens with zero attached hydrogens (tertiary/aromatic N) is 2. The van der Waals surface area contributed by atoms with E-state index in [1.54, 1.807) is 9.80 Å². The highest BCUT2D eigenvalue weighted by Crippen LogP contribution is 2.33. The lowest BCUT2D eigenvalue weighted by Crippen LogP contribution is -2.53. The van der Waals surface area contributed by atoms with Crippen LogP contribution in [0.15, 0.2) is 35.9 Å². The summed E-state index contributed by atoms with van der Waals surface area (Å²) in [6, 6.07) is 9.74. The van der Waals surface area contributed by atoms with Crippen molar-refractivity contribution in [1.29, 1.82) is 0 Å². The Kier molecular flexibility index (Phi) is 4.03. The predicted octanol–water partition coefficient (Wildman–Crippen LogP) is 1.86. The minimum atomic E-state index is -0.294. The van der Waals surface area contributed by atoms with Crippen LogP contribution in [0.2, 0.25) is 0 Å². The van der Waals surface area contributed by atoms with Crippen LogP contribution in [0.3, 0.4) is 0 Å². The standard InChI is InChI=1S/C19H20N2O4/c22-17-7-6-15(13-4-2-1-3-5-13)16(17)10-18(23)20-8-9-21-14(11-20)12-25-19(21)24/h1-5,14H,6-12H2. The SMILES string of the molecule is O=C1CCC(c2ccccc2)=C1CC(=O)N1CCN2C(=O)OCC2C1. The molecule has 130 valence electrons. The van der Waals surface area contributed by atoms with E-state index in [-0.39, 0.29) is 30.2 Å². The van der Waals surface area contributed by atoms with Gasteiger partial charge in [-0.3, -0.25) is 14.5 Å². The molecule has 0 N–H and O–H groups in total. The molecule has 2 fully saturated rings. The minimum absolute atomic E-state index is 0.0438. The van der Waals surface area contributed by atoms with Crippen LogP contribution in [-0.4, -0.2) is 59.9 Å². The number of rotatable bonds is 3. The van der Waals surface area contributed by atoms with Crippen molar-refractivity contribution >= 4 is 23.4 Å². The van der Waals surface area contributed by atoms with Gasteiger partial charge in [0.05, 0.1) is 12.5 Å². The fourth-order valence-corrected chi connectivity index (χ4v) is 3.85. The summed E-state index contributed by atoms with van der Waals surface area (Å²) in [7, 11) is 0. The van der Waals surface area contributed by atoms with E-state index in [1.165, 1.54) is 0 Å². The zero-order chi connectivity index (χ0) is 17.4. The monoisotopic (exact) mass is 340 g/mol. The number of piperazine rings is 1. The van der Waals surface area contributed by atoms with Gasteiger partial charge in [0.15, 0.2) is 5.78 Å². The molecule has 0 radical (unpaired) electrons. The first-order chi connectivity index (χ1) is 12.1. The van der Waals surface area contributed by atoms with Gasteiger partial charge < -0.3 is 9.64 Å². The van der Waals surface area contributed by atoms with Crippen LogP contribution in [0.5, 0.6) is 0 Å². The third-order valence-corrected chi connectivity index (χ3v) is 5.22. The number of carbonyl (C=O) groups is 3. The summed E-state index contributed by atoms with van der Waals surface area (Å²) in [5, 5.41) is 0. The number of amides is 2. The number of ether oxygens (including phenoxy) is 1. The highest BCUT2D eigenvalue weighted by molar-refractivity contribution is 6.10. The van der Waals surface area contributed by atoms with Crippen molar-refractivity contribution in [3.63, 3.8) is 0 Å². The van der Waals surface area contributed by atoms with Crippen LogP contribution < -0.4 is 0 Å². The molecule has 6 heteroatoms. The van der Waals surface area contributed by atoms with Gasteiger partial charge in [-0.15, -0.1) is 0 Å². The number of fused-ring (bicyclic) bond motifs is 1. The van der Waals surface area contributed by atoms with Crippen molar-refractivity contribution in [3.8, 4) is 0 Å². The molecule has 2 amide bonds. The molecule has 6 nitrogen and oxygen atoms in total. The number of Topliss-reactive ketones (excluding diaryl/α,β-unsaturated/α-hetero) is 1. The molecule has 1 atom stereocenters. The second kappa shape index (κ2) is 6.35. The average Bonchev–Trinajstić information content (AvgIpc) is 3.19. The summed E-state index contributed by atoms with van der Waals surface area (Å²) in [6.45, 7) is 1.80. The van der Waals surface area contributed by atoms with E-state index in [0.29, 0.717) is 44.7 Å². The number of carbonyl (C=O) groups excluding carboxylic acids is 3. The lowest BCUT2D eigenvalue weighted by Gasteiger charge is -2.35. The minimum Gasteiger partial charge on any atom is -0.447 e. The molecule has 0 bridgehead atoms. The van der Waals surface area contributed by atoms with E-state index in [9.17, 15) is 14.4 Å². The zero-order valence-corrected chi connectivity index (χ0v) is 13.9. The molecule has 1 aliphatic carbocycles. The third-order valence-electron chi connectivity index (χ3n) is 5.22. The second-order valence-corrected chi connectivity index (χ2v) is 6.69. The topological polar surface area (TPSA) is 66.9 Å². The Hall–Kier alpha value is -2.63. The zero-order valence-electron chi connectivity index (χ0n) is 13.9. The van der Waals surface area contributed by atoms with Crippen LogP contribution in [0.4, 0.5) is 4.79 Å². The van der Waals surface area contributed by atoms with Gasteiger partial charge in [0.1, 0.15) is 6.61 Å². The van der Waals surface area contributed by atoms with Gasteiger partial charge in [0.25, 0.3) is 0 Å². The average molecular weight is 340 g/mol. The van der Waals surface area contributed by atoms with Crippen molar-refractivity contribution in [3.05, 3.63) is 41.5 Å². The number of cyclic esters (lactones) is 1. The van der Waals surface area contributed by atoms with E-state index >= 15 is 0 Å². The van der Waals surface area contributed by atoms with Gasteiger partial charge in [-0.2, -0.15) is 0 Å². The predicted molar refractivity (Wildman–Crippen MR) is 90.6 cm³/mol. The summed E-state index contributed by atoms with van der Waals surface area (Å²) < 4.78 is 5.04. The fraction of sp³-hybridized carbons (Fsp3) is 0.421. The van der Waals surface area contributed by atoms with Crippen LogP contribution >= 0.6 is 0 Å². The van der Waals surface area contributed by atoms with Crippen molar-refractivity contribution in [1.82, 2.24) is 9.80 Å². The molecular weight excluding hydrogens is 320 g/mol. The van der Waals surface area contributed by atoms with E-state index in [4.69, 9.17) is 4.74 Å². The van der Waals surface area contributed by atoms with Gasteiger partial charge in [-0.25, -0.2) is 4.79 Å². The summed E-state index contributed by atoms with van der Waals surface area (Å²) >= 11 is 0. The van der Waals surface area contributed by atoms with Crippen LogP contribution in [0, 0.1) is 0 Å². The Balaban J connectivity index is 1.50. The third kappa shape index (κ3) is 2.92. The summed E-state index contributed by atoms with van der Waals surface area (Å²) in [6.07, 6.45) is 1.03. The van der Waals surface area contributed by atoms with E-state index in [0.717, 1.165) is 11.1 Å². The molecule has 2 heterocycles. The van der Waals surface area contributed by atoms with Gasteiger partial charge >= 0.3 is 6.09 Å². The maximum absolute atomic E-state index is 12.7. The summed E-state index contributed by atoms with van der Waals surface area (Å²) in [4.78, 5) is 40.0. The first-order valence-corrected chi connectivity index (χ1v) is 8.65. The molecule has 4 rings (SSSR count). The smallest absolute Gasteiger partial charge is 0.410 e. The molecule has 3 aliphatic rings. The first kappa shape index (κ1) is 15.9. The van der Waals surface area contributed by atoms with Crippen molar-refractivity contribution < 1.29 is 19.1 Å². The lowest BCUT2D eigenvalue weighted by atomic mass is 9.99. The quantitative estimate of drug-likeness (QED) is 0.842. The molecule has 0 aromatic heterocycles. The van der Waals surface area contributed by atoms with Gasteiger partial charge in [0, 0.05) is 31.6 Å². The maximum Gasteiger partial charge on any atom is 0.410 e. The summed E-state index contributed by atoms with van der Waals surface area (Å²) in [5.41, 5.74) is 2.67. The molecule has 25 heavy (non-hydrogen) atoms. The lowest BCUT2D eigenvalue weighted by molar-refractivity contribution is -0.133. The largest absolute Gasteiger partial charge is 0.447 e. The van der Waals surface area contributed by atoms with Gasteiger partial charge in [-0.1, -0.05) is 30.3 Å². The van der Waals surface area contributed by atoms with Crippen LogP contribution in [-0.2, 0) is 14.3 Å². The fourth-order valence-electron chi connectivity index (χ4n) is 3.85. The van der Waals surface area contributed by atoms with E-state index < -0.39 is 0 Å². The Morgan fingerprint density at radius 1 is 1.12 bits per heavy atom. The van der Waals surface area contributed by atoms with Crippen molar-refractivity contribution in [2.24, 2.45) is 0 Å². The van der Waals surface area contributed by atoms with Gasteiger partial charge in [0.2, 0.25) is 5.91 Å². The number of hydrogen-bond donors (Lipinski definition) is 0. The van der Waals surface area contributed by atoms with Crippen LogP contribution in [0.1, 0.15) is 24.8 Å². The Morgan fingerprint density at radius 2 is 1.92 bits per heavy atom. The van der Waals surface area contributed by atoms with Crippen molar-refractivity contribution in [2.45, 2.75) is 25.3 Å². The molecule has 1 unspecified atom stereocenters. The highest BCUT2D eigenvalue weighted by Gasteiger charge is 2.39. The number of hydrogen-bond acceptors (Lipinski definition) is 4. The molecule has 1 aromatic rings. The van der Waals surface area contributed by atoms with Crippen LogP contribution in [0.25, 0.3) is 5.57 Å². The second-order valence-electron chi connectivity index (χ2n) is 6.69. The van der Waals surface area contributed by atoms with Crippen molar-refractivity contribution in [2.75, 3.05) is 26.2 Å². The molecule has 2 saturated heterocycles. The first-order valence-electron chi connectivity index (χ1n) is 8.65. The molecule has 0 saturated carbocycles. The molecular formula is C19H20N2O4. The highest BCUT2D eigenvalue weighted by atomic mass is 16.6. The number of ketones is 1. The molecule has 1 aromatic carbocycles. The molecule has 0 spiro atoms. The number of benzene rings is 1. The normalized spacial score (nSPS) is 23.1. The maximum atomic E-state index is 12.7. The Bertz CT molecular complexity index is 756. The summed E-state index contributed by atoms with van der Waals surface area (Å²) in [5.74, 6) is 0.0305. The van der Waals surface area contributed by atoms with E-state index in [2.05, 4.69) is 0 Å². The Labute approximate surface area is 146 Å². The Morgan fingerprint density at radius 3 is 2.72 bits per heavy atom.